The molecule has 0 aromatic rings. The molecule has 0 aliphatic heterocycles. The number of hydrogen-bond donors (Lipinski definition) is 1. The average molecular weight is 865 g/mol. The van der Waals surface area contributed by atoms with Crippen LogP contribution in [-0.2, 0) is 19.1 Å². The number of aliphatic hydroxyl groups excluding tert-OH is 1. The highest BCUT2D eigenvalue weighted by atomic mass is 16.6. The van der Waals surface area contributed by atoms with Crippen molar-refractivity contribution in [2.24, 2.45) is 0 Å². The first-order valence-electron chi connectivity index (χ1n) is 26.5. The maximum Gasteiger partial charge on any atom is 0.306 e. The number of unbranched alkanes of at least 4 members (excludes halogenated alkanes) is 28. The fourth-order valence-corrected chi connectivity index (χ4v) is 7.52. The van der Waals surface area contributed by atoms with Crippen molar-refractivity contribution < 1.29 is 24.2 Å². The van der Waals surface area contributed by atoms with Crippen molar-refractivity contribution in [3.63, 3.8) is 0 Å². The first-order valence-corrected chi connectivity index (χ1v) is 26.5. The largest absolute Gasteiger partial charge is 0.462 e. The van der Waals surface area contributed by atoms with Crippen LogP contribution < -0.4 is 0 Å². The molecular weight excluding hydrogens is 765 g/mol. The molecule has 1 unspecified atom stereocenters. The first-order chi connectivity index (χ1) is 30.6. The third-order valence-corrected chi connectivity index (χ3v) is 11.5. The van der Waals surface area contributed by atoms with Crippen LogP contribution in [-0.4, -0.2) is 36.4 Å². The van der Waals surface area contributed by atoms with Gasteiger partial charge in [0, 0.05) is 12.8 Å². The Morgan fingerprint density at radius 2 is 0.694 bits per heavy atom. The van der Waals surface area contributed by atoms with E-state index in [9.17, 15) is 14.7 Å². The number of ether oxygens (including phenoxy) is 2. The molecule has 5 nitrogen and oxygen atoms in total. The number of rotatable bonds is 48. The van der Waals surface area contributed by atoms with Crippen molar-refractivity contribution in [1.82, 2.24) is 0 Å². The van der Waals surface area contributed by atoms with Crippen LogP contribution in [0.5, 0.6) is 0 Å². The summed E-state index contributed by atoms with van der Waals surface area (Å²) in [6, 6.07) is 0. The van der Waals surface area contributed by atoms with Crippen molar-refractivity contribution in [2.45, 2.75) is 264 Å². The highest BCUT2D eigenvalue weighted by Gasteiger charge is 2.16. The summed E-state index contributed by atoms with van der Waals surface area (Å²) in [4.78, 5) is 24.5. The van der Waals surface area contributed by atoms with E-state index in [4.69, 9.17) is 9.47 Å². The second-order valence-corrected chi connectivity index (χ2v) is 17.6. The summed E-state index contributed by atoms with van der Waals surface area (Å²) >= 11 is 0. The molecule has 0 radical (unpaired) electrons. The van der Waals surface area contributed by atoms with Gasteiger partial charge in [0.25, 0.3) is 0 Å². The molecule has 0 saturated heterocycles. The number of allylic oxidation sites excluding steroid dienone is 12. The molecular formula is C57H100O5. The van der Waals surface area contributed by atoms with Crippen molar-refractivity contribution >= 4 is 11.9 Å². The molecule has 0 bridgehead atoms. The second kappa shape index (κ2) is 52.7. The van der Waals surface area contributed by atoms with Gasteiger partial charge >= 0.3 is 11.9 Å². The Morgan fingerprint density at radius 1 is 0.387 bits per heavy atom. The Morgan fingerprint density at radius 3 is 1.05 bits per heavy atom. The Labute approximate surface area is 384 Å². The standard InChI is InChI=1S/C57H100O5/c1-3-5-7-9-11-13-15-17-19-21-23-24-25-26-27-28-29-30-31-32-34-36-38-40-42-44-46-48-50-52-57(60)62-55(53-58)54-61-56(59)51-49-47-45-43-41-39-37-35-33-22-20-18-16-14-12-10-8-6-4-2/h5,7,11-14,17-20,23-24,55,58H,3-4,6,8-10,15-16,21-22,25-54H2,1-2H3/b7-5-,13-11-,14-12-,19-17-,20-18-,24-23-. The minimum Gasteiger partial charge on any atom is -0.462 e. The molecule has 1 atom stereocenters. The lowest BCUT2D eigenvalue weighted by atomic mass is 10.0. The molecule has 0 aromatic heterocycles. The maximum absolute atomic E-state index is 12.3. The summed E-state index contributed by atoms with van der Waals surface area (Å²) in [6.07, 6.45) is 71.4. The molecule has 1 N–H and O–H groups in total. The number of carbonyl (C=O) groups excluding carboxylic acids is 2. The van der Waals surface area contributed by atoms with Gasteiger partial charge in [0.15, 0.2) is 6.10 Å². The Kier molecular flexibility index (Phi) is 50.4. The van der Waals surface area contributed by atoms with E-state index >= 15 is 0 Å². The van der Waals surface area contributed by atoms with Gasteiger partial charge in [0.05, 0.1) is 6.61 Å². The van der Waals surface area contributed by atoms with Crippen LogP contribution in [0.2, 0.25) is 0 Å². The fourth-order valence-electron chi connectivity index (χ4n) is 7.52. The van der Waals surface area contributed by atoms with Gasteiger partial charge in [-0.15, -0.1) is 0 Å². The quantitative estimate of drug-likeness (QED) is 0.0375. The minimum absolute atomic E-state index is 0.0682. The molecule has 0 rings (SSSR count). The third-order valence-electron chi connectivity index (χ3n) is 11.5. The first kappa shape index (κ1) is 59.3. The monoisotopic (exact) mass is 865 g/mol. The highest BCUT2D eigenvalue weighted by Crippen LogP contribution is 2.16. The maximum atomic E-state index is 12.3. The Hall–Kier alpha value is -2.66. The van der Waals surface area contributed by atoms with E-state index in [1.807, 2.05) is 0 Å². The van der Waals surface area contributed by atoms with Crippen LogP contribution in [0.25, 0.3) is 0 Å². The Balaban J connectivity index is 3.48. The average Bonchev–Trinajstić information content (AvgIpc) is 3.28. The zero-order valence-corrected chi connectivity index (χ0v) is 40.9. The zero-order valence-electron chi connectivity index (χ0n) is 40.9. The molecule has 62 heavy (non-hydrogen) atoms. The SMILES string of the molecule is CC/C=C\C/C=C\C/C=C\C/C=C\CCCCCCCCCCCCCCCCCCC(=O)OC(CO)COC(=O)CCCCCCCCCCC/C=C\C/C=C\CCCCC. The zero-order chi connectivity index (χ0) is 44.9. The van der Waals surface area contributed by atoms with Crippen LogP contribution in [0.4, 0.5) is 0 Å². The summed E-state index contributed by atoms with van der Waals surface area (Å²) in [6.45, 7) is 4.02. The van der Waals surface area contributed by atoms with E-state index in [1.165, 1.54) is 161 Å². The van der Waals surface area contributed by atoms with Gasteiger partial charge < -0.3 is 14.6 Å². The van der Waals surface area contributed by atoms with Crippen molar-refractivity contribution in [1.29, 1.82) is 0 Å². The number of esters is 2. The van der Waals surface area contributed by atoms with Crippen LogP contribution in [0, 0.1) is 0 Å². The topological polar surface area (TPSA) is 72.8 Å². The van der Waals surface area contributed by atoms with Crippen LogP contribution in [0.3, 0.4) is 0 Å². The molecule has 0 spiro atoms. The smallest absolute Gasteiger partial charge is 0.306 e. The molecule has 358 valence electrons. The molecule has 0 aliphatic carbocycles. The molecule has 0 aliphatic rings. The van der Waals surface area contributed by atoms with Gasteiger partial charge in [-0.3, -0.25) is 9.59 Å². The van der Waals surface area contributed by atoms with Gasteiger partial charge in [-0.2, -0.15) is 0 Å². The lowest BCUT2D eigenvalue weighted by molar-refractivity contribution is -0.161. The van der Waals surface area contributed by atoms with Crippen LogP contribution in [0.15, 0.2) is 72.9 Å². The Bertz CT molecular complexity index is 1110. The van der Waals surface area contributed by atoms with Crippen LogP contribution >= 0.6 is 0 Å². The molecule has 0 saturated carbocycles. The van der Waals surface area contributed by atoms with Gasteiger partial charge in [-0.25, -0.2) is 0 Å². The summed E-state index contributed by atoms with van der Waals surface area (Å²) in [5.74, 6) is -0.589. The summed E-state index contributed by atoms with van der Waals surface area (Å²) in [5.41, 5.74) is 0. The highest BCUT2D eigenvalue weighted by molar-refractivity contribution is 5.70. The van der Waals surface area contributed by atoms with E-state index in [-0.39, 0.29) is 25.2 Å². The van der Waals surface area contributed by atoms with E-state index in [0.29, 0.717) is 12.8 Å². The van der Waals surface area contributed by atoms with Gasteiger partial charge in [-0.05, 0) is 83.5 Å². The predicted molar refractivity (Wildman–Crippen MR) is 270 cm³/mol. The lowest BCUT2D eigenvalue weighted by Crippen LogP contribution is -2.28. The van der Waals surface area contributed by atoms with E-state index in [1.54, 1.807) is 0 Å². The molecule has 0 aromatic carbocycles. The van der Waals surface area contributed by atoms with E-state index in [0.717, 1.165) is 70.6 Å². The normalized spacial score (nSPS) is 12.8. The van der Waals surface area contributed by atoms with Crippen molar-refractivity contribution in [3.05, 3.63) is 72.9 Å². The molecule has 0 fully saturated rings. The number of aliphatic hydroxyl groups is 1. The third kappa shape index (κ3) is 50.0. The fraction of sp³-hybridized carbons (Fsp3) is 0.754. The van der Waals surface area contributed by atoms with E-state index < -0.39 is 6.10 Å². The predicted octanol–water partition coefficient (Wildman–Crippen LogP) is 17.6. The molecule has 0 heterocycles. The van der Waals surface area contributed by atoms with Crippen molar-refractivity contribution in [2.75, 3.05) is 13.2 Å². The lowest BCUT2D eigenvalue weighted by Gasteiger charge is -2.15. The molecule has 0 amide bonds. The summed E-state index contributed by atoms with van der Waals surface area (Å²) < 4.78 is 10.7. The van der Waals surface area contributed by atoms with Gasteiger partial charge in [-0.1, -0.05) is 234 Å². The minimum atomic E-state index is -0.776. The van der Waals surface area contributed by atoms with Crippen LogP contribution in [0.1, 0.15) is 258 Å². The van der Waals surface area contributed by atoms with Gasteiger partial charge in [0.1, 0.15) is 6.61 Å². The number of hydrogen-bond acceptors (Lipinski definition) is 5. The van der Waals surface area contributed by atoms with Crippen molar-refractivity contribution in [3.8, 4) is 0 Å². The summed E-state index contributed by atoms with van der Waals surface area (Å²) in [7, 11) is 0. The summed E-state index contributed by atoms with van der Waals surface area (Å²) in [5, 5.41) is 9.64. The number of carbonyl (C=O) groups is 2. The second-order valence-electron chi connectivity index (χ2n) is 17.6. The van der Waals surface area contributed by atoms with Gasteiger partial charge in [0.2, 0.25) is 0 Å². The molecule has 5 heteroatoms. The van der Waals surface area contributed by atoms with E-state index in [2.05, 4.69) is 86.8 Å².